The molecule has 3 aromatic heterocycles. The SMILES string of the molecule is Cc1c(NC(=O)c2nc3c(n2C)CCN(CC(C)O)C3)cccc1-c1cncc(-c2nc3cc(CN4CCC(C(=O)O)C4)cc(C#N)c3o2)c1C. The van der Waals surface area contributed by atoms with E-state index in [1.165, 1.54) is 0 Å². The number of nitrogens with one attached hydrogen (secondary N) is 1. The van der Waals surface area contributed by atoms with Crippen molar-refractivity contribution in [1.82, 2.24) is 29.3 Å². The first kappa shape index (κ1) is 34.0. The number of likely N-dealkylation sites (tertiary alicyclic amines) is 1. The summed E-state index contributed by atoms with van der Waals surface area (Å²) < 4.78 is 8.07. The van der Waals surface area contributed by atoms with Gasteiger partial charge in [0.1, 0.15) is 11.6 Å². The summed E-state index contributed by atoms with van der Waals surface area (Å²) in [6.07, 6.45) is 4.39. The van der Waals surface area contributed by atoms with Gasteiger partial charge in [0.05, 0.1) is 28.8 Å². The quantitative estimate of drug-likeness (QED) is 0.196. The Balaban J connectivity index is 1.14. The Hall–Kier alpha value is -5.42. The maximum atomic E-state index is 13.6. The number of carboxylic acids is 1. The predicted molar refractivity (Wildman–Crippen MR) is 190 cm³/mol. The molecule has 1 saturated heterocycles. The van der Waals surface area contributed by atoms with E-state index in [4.69, 9.17) is 14.4 Å². The molecule has 5 aromatic rings. The number of aromatic nitrogens is 4. The summed E-state index contributed by atoms with van der Waals surface area (Å²) in [5.74, 6) is -0.792. The van der Waals surface area contributed by atoms with Gasteiger partial charge in [-0.2, -0.15) is 5.26 Å². The number of aliphatic hydroxyl groups is 1. The van der Waals surface area contributed by atoms with Crippen LogP contribution in [0.15, 0.2) is 47.1 Å². The van der Waals surface area contributed by atoms with Gasteiger partial charge in [-0.25, -0.2) is 9.97 Å². The normalized spacial score (nSPS) is 17.0. The van der Waals surface area contributed by atoms with E-state index < -0.39 is 12.1 Å². The molecular formula is C38H40N8O5. The van der Waals surface area contributed by atoms with E-state index >= 15 is 0 Å². The third-order valence-corrected chi connectivity index (χ3v) is 10.1. The van der Waals surface area contributed by atoms with E-state index in [1.54, 1.807) is 25.4 Å². The summed E-state index contributed by atoms with van der Waals surface area (Å²) in [5, 5.41) is 32.3. The zero-order valence-electron chi connectivity index (χ0n) is 29.1. The van der Waals surface area contributed by atoms with Crippen molar-refractivity contribution < 1.29 is 24.2 Å². The van der Waals surface area contributed by atoms with Gasteiger partial charge >= 0.3 is 5.97 Å². The zero-order chi connectivity index (χ0) is 36.0. The molecule has 3 N–H and O–H groups in total. The number of carbonyl (C=O) groups is 2. The van der Waals surface area contributed by atoms with Gasteiger partial charge in [-0.15, -0.1) is 0 Å². The average molecular weight is 689 g/mol. The second-order valence-corrected chi connectivity index (χ2v) is 13.7. The molecule has 13 heteroatoms. The van der Waals surface area contributed by atoms with Crippen LogP contribution in [0.3, 0.4) is 0 Å². The first-order valence-electron chi connectivity index (χ1n) is 17.1. The summed E-state index contributed by atoms with van der Waals surface area (Å²) in [6.45, 7) is 9.30. The van der Waals surface area contributed by atoms with Gasteiger partial charge < -0.3 is 24.5 Å². The van der Waals surface area contributed by atoms with E-state index in [0.717, 1.165) is 52.2 Å². The minimum absolute atomic E-state index is 0.302. The van der Waals surface area contributed by atoms with Gasteiger partial charge in [0.2, 0.25) is 5.89 Å². The fraction of sp³-hybridized carbons (Fsp3) is 0.368. The van der Waals surface area contributed by atoms with E-state index in [9.17, 15) is 25.1 Å². The van der Waals surface area contributed by atoms with Gasteiger partial charge in [-0.3, -0.25) is 24.4 Å². The van der Waals surface area contributed by atoms with Crippen molar-refractivity contribution in [3.05, 3.63) is 82.2 Å². The maximum absolute atomic E-state index is 13.6. The van der Waals surface area contributed by atoms with Crippen LogP contribution in [0.4, 0.5) is 5.69 Å². The molecule has 0 aliphatic carbocycles. The van der Waals surface area contributed by atoms with Crippen LogP contribution in [0.2, 0.25) is 0 Å². The van der Waals surface area contributed by atoms with Crippen LogP contribution in [0.5, 0.6) is 0 Å². The molecule has 13 nitrogen and oxygen atoms in total. The number of pyridine rings is 1. The number of aliphatic hydroxyl groups excluding tert-OH is 1. The minimum Gasteiger partial charge on any atom is -0.481 e. The molecule has 2 aliphatic heterocycles. The smallest absolute Gasteiger partial charge is 0.307 e. The number of fused-ring (bicyclic) bond motifs is 2. The monoisotopic (exact) mass is 688 g/mol. The van der Waals surface area contributed by atoms with Crippen molar-refractivity contribution >= 4 is 28.7 Å². The number of nitriles is 1. The highest BCUT2D eigenvalue weighted by Gasteiger charge is 2.29. The number of benzene rings is 2. The minimum atomic E-state index is -0.783. The van der Waals surface area contributed by atoms with Gasteiger partial charge in [0.15, 0.2) is 11.4 Å². The Morgan fingerprint density at radius 3 is 2.65 bits per heavy atom. The molecular weight excluding hydrogens is 648 g/mol. The third kappa shape index (κ3) is 6.61. The number of oxazole rings is 1. The Morgan fingerprint density at radius 1 is 1.10 bits per heavy atom. The number of carboxylic acid groups (broad SMARTS) is 1. The van der Waals surface area contributed by atoms with E-state index in [0.29, 0.717) is 78.8 Å². The summed E-state index contributed by atoms with van der Waals surface area (Å²) >= 11 is 0. The van der Waals surface area contributed by atoms with Crippen LogP contribution in [0.1, 0.15) is 57.6 Å². The van der Waals surface area contributed by atoms with Crippen LogP contribution >= 0.6 is 0 Å². The number of rotatable bonds is 9. The Morgan fingerprint density at radius 2 is 1.90 bits per heavy atom. The molecule has 2 aliphatic rings. The fourth-order valence-electron chi connectivity index (χ4n) is 7.38. The molecule has 1 amide bonds. The number of hydrogen-bond donors (Lipinski definition) is 3. The fourth-order valence-corrected chi connectivity index (χ4v) is 7.38. The number of β-amino-alcohol motifs (C(OH)–C–C–N with tert-alkyl or cyclic N) is 1. The van der Waals surface area contributed by atoms with Gasteiger partial charge in [-0.05, 0) is 74.2 Å². The van der Waals surface area contributed by atoms with Crippen molar-refractivity contribution in [2.75, 3.05) is 31.5 Å². The van der Waals surface area contributed by atoms with Crippen LogP contribution in [0, 0.1) is 31.1 Å². The summed E-state index contributed by atoms with van der Waals surface area (Å²) in [5.41, 5.74) is 8.84. The highest BCUT2D eigenvalue weighted by molar-refractivity contribution is 6.03. The van der Waals surface area contributed by atoms with Crippen molar-refractivity contribution in [2.45, 2.75) is 52.8 Å². The highest BCUT2D eigenvalue weighted by atomic mass is 16.4. The van der Waals surface area contributed by atoms with Crippen LogP contribution in [-0.2, 0) is 31.4 Å². The summed E-state index contributed by atoms with van der Waals surface area (Å²) in [4.78, 5) is 43.3. The first-order chi connectivity index (χ1) is 24.5. The molecule has 1 fully saturated rings. The lowest BCUT2D eigenvalue weighted by Crippen LogP contribution is -2.36. The zero-order valence-corrected chi connectivity index (χ0v) is 29.1. The van der Waals surface area contributed by atoms with Crippen molar-refractivity contribution in [3.63, 3.8) is 0 Å². The Labute approximate surface area is 295 Å². The molecule has 2 atom stereocenters. The molecule has 0 spiro atoms. The van der Waals surface area contributed by atoms with E-state index in [2.05, 4.69) is 26.2 Å². The highest BCUT2D eigenvalue weighted by Crippen LogP contribution is 2.36. The largest absolute Gasteiger partial charge is 0.481 e. The van der Waals surface area contributed by atoms with Crippen LogP contribution in [-0.4, -0.2) is 83.7 Å². The van der Waals surface area contributed by atoms with E-state index in [1.807, 2.05) is 49.7 Å². The molecule has 2 aromatic carbocycles. The number of aliphatic carboxylic acids is 1. The number of anilines is 1. The Bertz CT molecular complexity index is 2210. The molecule has 0 radical (unpaired) electrons. The average Bonchev–Trinajstić information content (AvgIpc) is 3.83. The topological polar surface area (TPSA) is 174 Å². The lowest BCUT2D eigenvalue weighted by molar-refractivity contribution is -0.141. The number of hydrogen-bond acceptors (Lipinski definition) is 10. The van der Waals surface area contributed by atoms with Gasteiger partial charge in [0.25, 0.3) is 5.91 Å². The van der Waals surface area contributed by atoms with Gasteiger partial charge in [-0.1, -0.05) is 12.1 Å². The second kappa shape index (κ2) is 13.7. The first-order valence-corrected chi connectivity index (χ1v) is 17.1. The van der Waals surface area contributed by atoms with Crippen LogP contribution in [0.25, 0.3) is 33.7 Å². The third-order valence-electron chi connectivity index (χ3n) is 10.1. The predicted octanol–water partition coefficient (Wildman–Crippen LogP) is 4.68. The molecule has 51 heavy (non-hydrogen) atoms. The molecule has 5 heterocycles. The molecule has 0 bridgehead atoms. The van der Waals surface area contributed by atoms with Crippen molar-refractivity contribution in [1.29, 1.82) is 5.26 Å². The number of imidazole rings is 1. The Kier molecular flexibility index (Phi) is 9.15. The summed E-state index contributed by atoms with van der Waals surface area (Å²) in [6, 6.07) is 11.6. The van der Waals surface area contributed by atoms with Crippen molar-refractivity contribution in [2.24, 2.45) is 13.0 Å². The maximum Gasteiger partial charge on any atom is 0.307 e. The van der Waals surface area contributed by atoms with Crippen LogP contribution < -0.4 is 5.32 Å². The molecule has 262 valence electrons. The number of nitrogens with zero attached hydrogens (tertiary/aromatic N) is 7. The van der Waals surface area contributed by atoms with Crippen molar-refractivity contribution in [3.8, 4) is 28.7 Å². The second-order valence-electron chi connectivity index (χ2n) is 13.7. The lowest BCUT2D eigenvalue weighted by Gasteiger charge is -2.27. The molecule has 7 rings (SSSR count). The molecule has 2 unspecified atom stereocenters. The molecule has 0 saturated carbocycles. The summed E-state index contributed by atoms with van der Waals surface area (Å²) in [7, 11) is 1.87. The lowest BCUT2D eigenvalue weighted by atomic mass is 9.95. The van der Waals surface area contributed by atoms with Gasteiger partial charge in [0, 0.05) is 75.5 Å². The van der Waals surface area contributed by atoms with E-state index in [-0.39, 0.29) is 11.8 Å². The number of amides is 1. The standard InChI is InChI=1S/C38H40N8O5/c1-21(47)17-45-11-9-33-32(20-45)41-35(44(33)4)36(48)42-30-7-5-6-27(23(30)3)28-15-40-16-29(22(28)2)37-43-31-13-24(12-26(14-39)34(31)51-37)18-46-10-8-25(19-46)38(49)50/h5-7,12-13,15-16,21,25,47H,8-11,17-20H2,1-4H3,(H,42,48)(H,49,50). The number of carbonyl (C=O) groups excluding carboxylic acids is 1.